The number of Topliss-reactive ketones (excluding diaryl/α,β-unsaturated/α-hetero) is 1. The molecule has 0 spiro atoms. The van der Waals surface area contributed by atoms with Crippen LogP contribution in [0.25, 0.3) is 11.1 Å². The van der Waals surface area contributed by atoms with Gasteiger partial charge in [-0.25, -0.2) is 0 Å². The van der Waals surface area contributed by atoms with Crippen molar-refractivity contribution in [1.82, 2.24) is 4.57 Å². The molecule has 0 saturated heterocycles. The lowest BCUT2D eigenvalue weighted by molar-refractivity contribution is -0.0512. The molecule has 6 nitrogen and oxygen atoms in total. The number of ketones is 1. The van der Waals surface area contributed by atoms with E-state index in [0.717, 1.165) is 22.4 Å². The quantitative estimate of drug-likeness (QED) is 0.262. The minimum Gasteiger partial charge on any atom is -0.497 e. The zero-order valence-corrected chi connectivity index (χ0v) is 18.3. The fraction of sp³-hybridized carbons (Fsp3) is 0.148. The van der Waals surface area contributed by atoms with E-state index < -0.39 is 12.3 Å². The van der Waals surface area contributed by atoms with Crippen molar-refractivity contribution >= 4 is 11.5 Å². The minimum atomic E-state index is -1.52. The number of aliphatic hydroxyl groups excluding tert-OH is 1. The molecule has 168 valence electrons. The zero-order chi connectivity index (χ0) is 23.2. The van der Waals surface area contributed by atoms with E-state index in [-0.39, 0.29) is 12.3 Å². The van der Waals surface area contributed by atoms with E-state index in [9.17, 15) is 15.0 Å². The summed E-state index contributed by atoms with van der Waals surface area (Å²) < 4.78 is 6.96. The number of anilines is 1. The smallest absolute Gasteiger partial charge is 0.191 e. The summed E-state index contributed by atoms with van der Waals surface area (Å²) in [6, 6.07) is 25.9. The van der Waals surface area contributed by atoms with Gasteiger partial charge >= 0.3 is 0 Å². The lowest BCUT2D eigenvalue weighted by Crippen LogP contribution is -2.21. The van der Waals surface area contributed by atoms with Crippen LogP contribution in [0.3, 0.4) is 0 Å². The van der Waals surface area contributed by atoms with Crippen LogP contribution in [0.1, 0.15) is 22.0 Å². The molecule has 0 amide bonds. The average molecular weight is 443 g/mol. The van der Waals surface area contributed by atoms with Gasteiger partial charge in [-0.1, -0.05) is 66.7 Å². The van der Waals surface area contributed by atoms with Crippen molar-refractivity contribution in [2.75, 3.05) is 12.4 Å². The van der Waals surface area contributed by atoms with E-state index in [2.05, 4.69) is 5.32 Å². The number of rotatable bonds is 9. The minimum absolute atomic E-state index is 0.0353. The third-order valence-electron chi connectivity index (χ3n) is 5.38. The highest BCUT2D eigenvalue weighted by Gasteiger charge is 2.26. The van der Waals surface area contributed by atoms with E-state index in [1.54, 1.807) is 24.1 Å². The molecule has 1 atom stereocenters. The van der Waals surface area contributed by atoms with Crippen LogP contribution >= 0.6 is 0 Å². The van der Waals surface area contributed by atoms with Gasteiger partial charge in [-0.15, -0.1) is 0 Å². The van der Waals surface area contributed by atoms with Crippen molar-refractivity contribution in [2.24, 2.45) is 0 Å². The highest BCUT2D eigenvalue weighted by Crippen LogP contribution is 2.31. The normalized spacial score (nSPS) is 11.9. The first-order valence-electron chi connectivity index (χ1n) is 10.7. The first-order valence-corrected chi connectivity index (χ1v) is 10.7. The number of nitrogens with zero attached hydrogens (tertiary/aromatic N) is 1. The molecule has 1 aromatic heterocycles. The van der Waals surface area contributed by atoms with Crippen molar-refractivity contribution in [2.45, 2.75) is 18.9 Å². The number of aromatic nitrogens is 1. The number of hydrogen-bond donors (Lipinski definition) is 3. The summed E-state index contributed by atoms with van der Waals surface area (Å²) in [6.45, 7) is -0.0353. The molecule has 0 aliphatic heterocycles. The molecule has 1 unspecified atom stereocenters. The Balaban J connectivity index is 1.77. The van der Waals surface area contributed by atoms with E-state index in [4.69, 9.17) is 4.74 Å². The average Bonchev–Trinajstić information content (AvgIpc) is 3.26. The Hall–Kier alpha value is -3.87. The van der Waals surface area contributed by atoms with Gasteiger partial charge in [0.05, 0.1) is 13.7 Å². The van der Waals surface area contributed by atoms with Crippen molar-refractivity contribution in [3.8, 4) is 16.9 Å². The largest absolute Gasteiger partial charge is 0.497 e. The molecular formula is C27H26N2O4. The molecule has 0 aliphatic carbocycles. The van der Waals surface area contributed by atoms with Crippen LogP contribution in [0.2, 0.25) is 0 Å². The standard InChI is InChI=1S/C27H26N2O4/c1-33-22-14-8-13-21(15-22)28-26(20-11-6-3-7-12-20)27(32)24-17-29(18-25(30)31)16-23(24)19-9-4-2-5-10-19/h2-17,25-26,28,30-31H,18H2,1H3. The fourth-order valence-corrected chi connectivity index (χ4v) is 3.83. The maximum atomic E-state index is 14.0. The van der Waals surface area contributed by atoms with Crippen molar-refractivity contribution in [3.05, 3.63) is 108 Å². The van der Waals surface area contributed by atoms with E-state index >= 15 is 0 Å². The van der Waals surface area contributed by atoms with E-state index in [0.29, 0.717) is 11.3 Å². The van der Waals surface area contributed by atoms with Crippen molar-refractivity contribution < 1.29 is 19.7 Å². The van der Waals surface area contributed by atoms with Crippen LogP contribution in [0.5, 0.6) is 5.75 Å². The van der Waals surface area contributed by atoms with E-state index in [1.807, 2.05) is 84.9 Å². The Bertz CT molecular complexity index is 1200. The maximum absolute atomic E-state index is 14.0. The van der Waals surface area contributed by atoms with E-state index in [1.165, 1.54) is 0 Å². The molecule has 6 heteroatoms. The summed E-state index contributed by atoms with van der Waals surface area (Å²) in [4.78, 5) is 14.0. The van der Waals surface area contributed by atoms with Gasteiger partial charge in [-0.3, -0.25) is 4.79 Å². The molecule has 3 N–H and O–H groups in total. The maximum Gasteiger partial charge on any atom is 0.191 e. The third-order valence-corrected chi connectivity index (χ3v) is 5.38. The number of hydrogen-bond acceptors (Lipinski definition) is 5. The molecule has 0 aliphatic rings. The van der Waals surface area contributed by atoms with Crippen LogP contribution in [0, 0.1) is 0 Å². The number of ether oxygens (including phenoxy) is 1. The lowest BCUT2D eigenvalue weighted by atomic mass is 9.94. The van der Waals surface area contributed by atoms with Gasteiger partial charge in [0.2, 0.25) is 0 Å². The Labute approximate surface area is 192 Å². The summed E-state index contributed by atoms with van der Waals surface area (Å²) >= 11 is 0. The number of nitrogens with one attached hydrogen (secondary N) is 1. The van der Waals surface area contributed by atoms with Crippen LogP contribution < -0.4 is 10.1 Å². The summed E-state index contributed by atoms with van der Waals surface area (Å²) in [6.07, 6.45) is 1.92. The van der Waals surface area contributed by atoms with Crippen LogP contribution in [-0.4, -0.2) is 34.0 Å². The summed E-state index contributed by atoms with van der Waals surface area (Å²) in [7, 11) is 1.60. The van der Waals surface area contributed by atoms with Gasteiger partial charge in [0, 0.05) is 35.3 Å². The molecular weight excluding hydrogens is 416 g/mol. The molecule has 33 heavy (non-hydrogen) atoms. The van der Waals surface area contributed by atoms with Gasteiger partial charge < -0.3 is 24.8 Å². The van der Waals surface area contributed by atoms with Crippen LogP contribution in [-0.2, 0) is 6.54 Å². The Kier molecular flexibility index (Phi) is 6.88. The second-order valence-corrected chi connectivity index (χ2v) is 7.71. The highest BCUT2D eigenvalue weighted by molar-refractivity contribution is 6.07. The van der Waals surface area contributed by atoms with Crippen molar-refractivity contribution in [1.29, 1.82) is 0 Å². The summed E-state index contributed by atoms with van der Waals surface area (Å²) in [5, 5.41) is 22.3. The molecule has 3 aromatic carbocycles. The van der Waals surface area contributed by atoms with Gasteiger partial charge in [-0.2, -0.15) is 0 Å². The fourth-order valence-electron chi connectivity index (χ4n) is 3.83. The molecule has 0 bridgehead atoms. The zero-order valence-electron chi connectivity index (χ0n) is 18.3. The molecule has 0 fully saturated rings. The predicted molar refractivity (Wildman–Crippen MR) is 128 cm³/mol. The lowest BCUT2D eigenvalue weighted by Gasteiger charge is -2.20. The Morgan fingerprint density at radius 1 is 0.939 bits per heavy atom. The molecule has 0 radical (unpaired) electrons. The molecule has 4 rings (SSSR count). The first kappa shape index (κ1) is 22.3. The van der Waals surface area contributed by atoms with Crippen LogP contribution in [0.15, 0.2) is 97.3 Å². The molecule has 0 saturated carbocycles. The SMILES string of the molecule is COc1cccc(NC(C(=O)c2cn(CC(O)O)cc2-c2ccccc2)c2ccccc2)c1. The number of carbonyl (C=O) groups is 1. The topological polar surface area (TPSA) is 83.7 Å². The van der Waals surface area contributed by atoms with Crippen molar-refractivity contribution in [3.63, 3.8) is 0 Å². The van der Waals surface area contributed by atoms with Gasteiger partial charge in [0.15, 0.2) is 12.1 Å². The Morgan fingerprint density at radius 3 is 2.30 bits per heavy atom. The van der Waals surface area contributed by atoms with Gasteiger partial charge in [0.1, 0.15) is 11.8 Å². The molecule has 4 aromatic rings. The number of methoxy groups -OCH3 is 1. The van der Waals surface area contributed by atoms with Gasteiger partial charge in [0.25, 0.3) is 0 Å². The number of aliphatic hydroxyl groups is 2. The summed E-state index contributed by atoms with van der Waals surface area (Å²) in [5.74, 6) is 0.557. The third kappa shape index (κ3) is 5.31. The number of benzene rings is 3. The second-order valence-electron chi connectivity index (χ2n) is 7.71. The van der Waals surface area contributed by atoms with Gasteiger partial charge in [-0.05, 0) is 23.3 Å². The molecule has 1 heterocycles. The monoisotopic (exact) mass is 442 g/mol. The second kappa shape index (κ2) is 10.2. The predicted octanol–water partition coefficient (Wildman–Crippen LogP) is 4.51. The summed E-state index contributed by atoms with van der Waals surface area (Å²) in [5.41, 5.74) is 3.67. The highest BCUT2D eigenvalue weighted by atomic mass is 16.5. The number of carbonyl (C=O) groups excluding carboxylic acids is 1. The van der Waals surface area contributed by atoms with Crippen LogP contribution in [0.4, 0.5) is 5.69 Å². The first-order chi connectivity index (χ1) is 16.0. The Morgan fingerprint density at radius 2 is 1.64 bits per heavy atom.